The number of nitrogens with one attached hydrogen (secondary N) is 1. The normalized spacial score (nSPS) is 12.2. The van der Waals surface area contributed by atoms with E-state index in [1.807, 2.05) is 6.92 Å². The van der Waals surface area contributed by atoms with Crippen LogP contribution in [-0.2, 0) is 0 Å². The Morgan fingerprint density at radius 1 is 1.44 bits per heavy atom. The molecular weight excluding hydrogens is 236 g/mol. The predicted molar refractivity (Wildman–Crippen MR) is 58.6 cm³/mol. The monoisotopic (exact) mass is 247 g/mol. The molecule has 0 saturated carbocycles. The fraction of sp³-hybridized carbons (Fsp3) is 0.364. The van der Waals surface area contributed by atoms with Crippen LogP contribution in [0.5, 0.6) is 0 Å². The molecule has 0 aliphatic carbocycles. The first-order valence-electron chi connectivity index (χ1n) is 4.91. The predicted octanol–water partition coefficient (Wildman–Crippen LogP) is 2.71. The molecule has 88 valence electrons. The van der Waals surface area contributed by atoms with E-state index in [-0.39, 0.29) is 11.9 Å². The van der Waals surface area contributed by atoms with Crippen molar-refractivity contribution in [3.63, 3.8) is 0 Å². The van der Waals surface area contributed by atoms with Crippen LogP contribution in [-0.4, -0.2) is 17.8 Å². The number of carbonyl (C=O) groups excluding carboxylic acids is 1. The van der Waals surface area contributed by atoms with Gasteiger partial charge in [-0.2, -0.15) is 0 Å². The molecule has 2 nitrogen and oxygen atoms in total. The van der Waals surface area contributed by atoms with Gasteiger partial charge in [-0.05, 0) is 18.6 Å². The maximum Gasteiger partial charge on any atom is 0.257 e. The minimum Gasteiger partial charge on any atom is -0.348 e. The molecule has 0 aliphatic heterocycles. The number of halogens is 3. The highest BCUT2D eigenvalue weighted by Gasteiger charge is 2.18. The summed E-state index contributed by atoms with van der Waals surface area (Å²) in [5.74, 6) is -2.31. The lowest BCUT2D eigenvalue weighted by atomic mass is 10.1. The number of amides is 1. The quantitative estimate of drug-likeness (QED) is 0.815. The fourth-order valence-electron chi connectivity index (χ4n) is 1.22. The van der Waals surface area contributed by atoms with Gasteiger partial charge in [0.2, 0.25) is 0 Å². The number of hydrogen-bond acceptors (Lipinski definition) is 1. The molecule has 0 saturated heterocycles. The van der Waals surface area contributed by atoms with Crippen LogP contribution in [0.15, 0.2) is 18.2 Å². The second kappa shape index (κ2) is 5.80. The van der Waals surface area contributed by atoms with E-state index < -0.39 is 23.1 Å². The molecular formula is C11H12ClF2NO. The van der Waals surface area contributed by atoms with Gasteiger partial charge in [-0.3, -0.25) is 4.79 Å². The third-order valence-electron chi connectivity index (χ3n) is 2.20. The van der Waals surface area contributed by atoms with Crippen molar-refractivity contribution in [2.45, 2.75) is 19.4 Å². The van der Waals surface area contributed by atoms with Gasteiger partial charge in [0.15, 0.2) is 0 Å². The largest absolute Gasteiger partial charge is 0.348 e. The van der Waals surface area contributed by atoms with Crippen LogP contribution in [0.1, 0.15) is 23.7 Å². The molecule has 1 N–H and O–H groups in total. The molecule has 1 rings (SSSR count). The Kier molecular flexibility index (Phi) is 4.68. The summed E-state index contributed by atoms with van der Waals surface area (Å²) in [6.45, 7) is 1.82. The zero-order valence-electron chi connectivity index (χ0n) is 8.77. The van der Waals surface area contributed by atoms with Crippen molar-refractivity contribution in [3.05, 3.63) is 35.4 Å². The molecule has 5 heteroatoms. The van der Waals surface area contributed by atoms with E-state index in [2.05, 4.69) is 5.32 Å². The van der Waals surface area contributed by atoms with E-state index in [0.717, 1.165) is 12.1 Å². The van der Waals surface area contributed by atoms with E-state index in [0.29, 0.717) is 6.42 Å². The third kappa shape index (κ3) is 2.92. The van der Waals surface area contributed by atoms with Gasteiger partial charge in [0.05, 0.1) is 0 Å². The maximum atomic E-state index is 13.2. The van der Waals surface area contributed by atoms with E-state index in [1.165, 1.54) is 6.07 Å². The Morgan fingerprint density at radius 2 is 2.00 bits per heavy atom. The summed E-state index contributed by atoms with van der Waals surface area (Å²) >= 11 is 5.58. The van der Waals surface area contributed by atoms with Gasteiger partial charge in [0.25, 0.3) is 5.91 Å². The summed E-state index contributed by atoms with van der Waals surface area (Å²) in [5.41, 5.74) is -0.564. The Balaban J connectivity index is 2.88. The molecule has 1 aromatic rings. The van der Waals surface area contributed by atoms with Crippen LogP contribution in [0, 0.1) is 11.6 Å². The first-order valence-corrected chi connectivity index (χ1v) is 5.44. The second-order valence-electron chi connectivity index (χ2n) is 3.33. The molecule has 0 fully saturated rings. The zero-order chi connectivity index (χ0) is 12.1. The van der Waals surface area contributed by atoms with Gasteiger partial charge < -0.3 is 5.32 Å². The molecule has 0 aliphatic rings. The summed E-state index contributed by atoms with van der Waals surface area (Å²) in [6, 6.07) is 3.01. The number of alkyl halides is 1. The molecule has 1 unspecified atom stereocenters. The molecule has 0 radical (unpaired) electrons. The van der Waals surface area contributed by atoms with Crippen molar-refractivity contribution in [2.24, 2.45) is 0 Å². The molecule has 0 heterocycles. The molecule has 0 aromatic heterocycles. The SMILES string of the molecule is CCC(CCl)NC(=O)c1c(F)cccc1F. The summed E-state index contributed by atoms with van der Waals surface area (Å²) in [7, 11) is 0. The van der Waals surface area contributed by atoms with Crippen LogP contribution in [0.25, 0.3) is 0 Å². The molecule has 1 amide bonds. The highest BCUT2D eigenvalue weighted by atomic mass is 35.5. The van der Waals surface area contributed by atoms with Crippen LogP contribution < -0.4 is 5.32 Å². The van der Waals surface area contributed by atoms with E-state index in [4.69, 9.17) is 11.6 Å². The summed E-state index contributed by atoms with van der Waals surface area (Å²) < 4.78 is 26.5. The maximum absolute atomic E-state index is 13.2. The van der Waals surface area contributed by atoms with Gasteiger partial charge in [0.1, 0.15) is 17.2 Å². The van der Waals surface area contributed by atoms with Crippen molar-refractivity contribution in [1.29, 1.82) is 0 Å². The van der Waals surface area contributed by atoms with Crippen LogP contribution in [0.3, 0.4) is 0 Å². The van der Waals surface area contributed by atoms with Gasteiger partial charge in [-0.15, -0.1) is 11.6 Å². The minimum atomic E-state index is -0.873. The summed E-state index contributed by atoms with van der Waals surface area (Å²) in [6.07, 6.45) is 0.602. The average molecular weight is 248 g/mol. The van der Waals surface area contributed by atoms with Crippen LogP contribution in [0.4, 0.5) is 8.78 Å². The number of carbonyl (C=O) groups is 1. The lowest BCUT2D eigenvalue weighted by molar-refractivity contribution is 0.0931. The lowest BCUT2D eigenvalue weighted by Gasteiger charge is -2.14. The van der Waals surface area contributed by atoms with Gasteiger partial charge >= 0.3 is 0 Å². The van der Waals surface area contributed by atoms with E-state index in [1.54, 1.807) is 0 Å². The standard InChI is InChI=1S/C11H12ClF2NO/c1-2-7(6-12)15-11(16)10-8(13)4-3-5-9(10)14/h3-5,7H,2,6H2,1H3,(H,15,16). The molecule has 0 spiro atoms. The smallest absolute Gasteiger partial charge is 0.257 e. The van der Waals surface area contributed by atoms with Gasteiger partial charge in [0, 0.05) is 11.9 Å². The van der Waals surface area contributed by atoms with Crippen molar-refractivity contribution in [1.82, 2.24) is 5.32 Å². The van der Waals surface area contributed by atoms with Gasteiger partial charge in [-0.25, -0.2) is 8.78 Å². The first kappa shape index (κ1) is 12.9. The van der Waals surface area contributed by atoms with Crippen LogP contribution in [0.2, 0.25) is 0 Å². The van der Waals surface area contributed by atoms with Crippen molar-refractivity contribution < 1.29 is 13.6 Å². The Bertz CT molecular complexity index is 360. The number of hydrogen-bond donors (Lipinski definition) is 1. The lowest BCUT2D eigenvalue weighted by Crippen LogP contribution is -2.36. The topological polar surface area (TPSA) is 29.1 Å². The highest BCUT2D eigenvalue weighted by Crippen LogP contribution is 2.12. The highest BCUT2D eigenvalue weighted by molar-refractivity contribution is 6.18. The summed E-state index contributed by atoms with van der Waals surface area (Å²) in [5, 5.41) is 2.46. The van der Waals surface area contributed by atoms with Crippen molar-refractivity contribution in [2.75, 3.05) is 5.88 Å². The first-order chi connectivity index (χ1) is 7.60. The third-order valence-corrected chi connectivity index (χ3v) is 2.58. The van der Waals surface area contributed by atoms with E-state index in [9.17, 15) is 13.6 Å². The summed E-state index contributed by atoms with van der Waals surface area (Å²) in [4.78, 5) is 11.6. The second-order valence-corrected chi connectivity index (χ2v) is 3.64. The molecule has 0 bridgehead atoms. The Morgan fingerprint density at radius 3 is 2.44 bits per heavy atom. The van der Waals surface area contributed by atoms with Crippen molar-refractivity contribution in [3.8, 4) is 0 Å². The number of benzene rings is 1. The van der Waals surface area contributed by atoms with Crippen LogP contribution >= 0.6 is 11.6 Å². The van der Waals surface area contributed by atoms with Crippen molar-refractivity contribution >= 4 is 17.5 Å². The molecule has 1 aromatic carbocycles. The zero-order valence-corrected chi connectivity index (χ0v) is 9.52. The molecule has 1 atom stereocenters. The minimum absolute atomic E-state index is 0.207. The van der Waals surface area contributed by atoms with Gasteiger partial charge in [-0.1, -0.05) is 13.0 Å². The number of rotatable bonds is 4. The fourth-order valence-corrected chi connectivity index (χ4v) is 1.52. The Labute approximate surface area is 97.6 Å². The Hall–Kier alpha value is -1.16. The van der Waals surface area contributed by atoms with E-state index >= 15 is 0 Å². The molecule has 16 heavy (non-hydrogen) atoms. The average Bonchev–Trinajstić information content (AvgIpc) is 2.25.